The van der Waals surface area contributed by atoms with Crippen molar-refractivity contribution >= 4 is 5.97 Å². The normalized spacial score (nSPS) is 33.4. The zero-order valence-corrected chi connectivity index (χ0v) is 11.7. The number of hydrogen-bond donors (Lipinski definition) is 0. The fraction of sp³-hybridized carbons (Fsp3) is 0.933. The van der Waals surface area contributed by atoms with Gasteiger partial charge in [-0.2, -0.15) is 0 Å². The van der Waals surface area contributed by atoms with Gasteiger partial charge in [0, 0.05) is 6.42 Å². The van der Waals surface area contributed by atoms with E-state index in [4.69, 9.17) is 9.47 Å². The predicted molar refractivity (Wildman–Crippen MR) is 70.0 cm³/mol. The summed E-state index contributed by atoms with van der Waals surface area (Å²) >= 11 is 0. The van der Waals surface area contributed by atoms with Crippen molar-refractivity contribution in [3.63, 3.8) is 0 Å². The summed E-state index contributed by atoms with van der Waals surface area (Å²) < 4.78 is 11.0. The molecule has 0 spiro atoms. The van der Waals surface area contributed by atoms with Crippen LogP contribution in [0.1, 0.15) is 58.8 Å². The quantitative estimate of drug-likeness (QED) is 0.723. The summed E-state index contributed by atoms with van der Waals surface area (Å²) in [5.74, 6) is 1.44. The second-order valence-electron chi connectivity index (χ2n) is 6.10. The Kier molecular flexibility index (Phi) is 5.04. The standard InChI is InChI=1S/C15H26O3/c1-11(2)12-6-5-7-13(10-12)15(16)18-14-8-3-4-9-17-14/h11-14H,3-10H2,1-2H3. The first kappa shape index (κ1) is 13.9. The topological polar surface area (TPSA) is 35.5 Å². The highest BCUT2D eigenvalue weighted by molar-refractivity contribution is 5.72. The lowest BCUT2D eigenvalue weighted by Gasteiger charge is -2.31. The van der Waals surface area contributed by atoms with E-state index in [1.54, 1.807) is 0 Å². The molecule has 3 unspecified atom stereocenters. The largest absolute Gasteiger partial charge is 0.436 e. The van der Waals surface area contributed by atoms with Crippen molar-refractivity contribution in [2.24, 2.45) is 17.8 Å². The molecule has 0 radical (unpaired) electrons. The summed E-state index contributed by atoms with van der Waals surface area (Å²) in [5.41, 5.74) is 0. The summed E-state index contributed by atoms with van der Waals surface area (Å²) in [6.45, 7) is 5.24. The van der Waals surface area contributed by atoms with Gasteiger partial charge in [-0.15, -0.1) is 0 Å². The van der Waals surface area contributed by atoms with Crippen molar-refractivity contribution in [1.82, 2.24) is 0 Å². The molecular weight excluding hydrogens is 228 g/mol. The molecule has 1 aliphatic heterocycles. The minimum Gasteiger partial charge on any atom is -0.436 e. The van der Waals surface area contributed by atoms with Crippen LogP contribution in [0, 0.1) is 17.8 Å². The summed E-state index contributed by atoms with van der Waals surface area (Å²) in [5, 5.41) is 0. The second kappa shape index (κ2) is 6.55. The fourth-order valence-electron chi connectivity index (χ4n) is 3.08. The van der Waals surface area contributed by atoms with E-state index in [2.05, 4.69) is 13.8 Å². The van der Waals surface area contributed by atoms with Gasteiger partial charge in [-0.25, -0.2) is 0 Å². The van der Waals surface area contributed by atoms with E-state index in [0.29, 0.717) is 11.8 Å². The number of carbonyl (C=O) groups excluding carboxylic acids is 1. The van der Waals surface area contributed by atoms with E-state index in [-0.39, 0.29) is 18.2 Å². The van der Waals surface area contributed by atoms with E-state index in [1.807, 2.05) is 0 Å². The average Bonchev–Trinajstić information content (AvgIpc) is 2.40. The second-order valence-corrected chi connectivity index (χ2v) is 6.10. The predicted octanol–water partition coefficient (Wildman–Crippen LogP) is 3.52. The molecule has 0 aromatic rings. The van der Waals surface area contributed by atoms with Crippen LogP contribution in [-0.2, 0) is 14.3 Å². The minimum absolute atomic E-state index is 0.0211. The molecule has 3 atom stereocenters. The SMILES string of the molecule is CC(C)C1CCCC(C(=O)OC2CCCCO2)C1. The lowest BCUT2D eigenvalue weighted by atomic mass is 9.76. The molecule has 0 aromatic carbocycles. The van der Waals surface area contributed by atoms with Gasteiger partial charge in [-0.05, 0) is 37.5 Å². The van der Waals surface area contributed by atoms with Gasteiger partial charge >= 0.3 is 5.97 Å². The van der Waals surface area contributed by atoms with Crippen LogP contribution in [-0.4, -0.2) is 18.9 Å². The molecule has 1 heterocycles. The maximum Gasteiger partial charge on any atom is 0.311 e. The van der Waals surface area contributed by atoms with Crippen molar-refractivity contribution in [2.45, 2.75) is 65.1 Å². The zero-order valence-electron chi connectivity index (χ0n) is 11.7. The summed E-state index contributed by atoms with van der Waals surface area (Å²) in [6, 6.07) is 0. The minimum atomic E-state index is -0.273. The van der Waals surface area contributed by atoms with Crippen LogP contribution < -0.4 is 0 Å². The van der Waals surface area contributed by atoms with Crippen molar-refractivity contribution in [2.75, 3.05) is 6.61 Å². The highest BCUT2D eigenvalue weighted by Crippen LogP contribution is 2.34. The zero-order chi connectivity index (χ0) is 13.0. The molecule has 2 aliphatic rings. The van der Waals surface area contributed by atoms with E-state index >= 15 is 0 Å². The van der Waals surface area contributed by atoms with Crippen LogP contribution in [0.2, 0.25) is 0 Å². The molecular formula is C15H26O3. The summed E-state index contributed by atoms with van der Waals surface area (Å²) in [7, 11) is 0. The Morgan fingerprint density at radius 1 is 1.17 bits per heavy atom. The van der Waals surface area contributed by atoms with Gasteiger partial charge in [0.1, 0.15) is 0 Å². The lowest BCUT2D eigenvalue weighted by molar-refractivity contribution is -0.192. The van der Waals surface area contributed by atoms with E-state index in [1.165, 1.54) is 6.42 Å². The lowest BCUT2D eigenvalue weighted by Crippen LogP contribution is -2.32. The molecule has 2 rings (SSSR count). The summed E-state index contributed by atoms with van der Waals surface area (Å²) in [6.07, 6.45) is 7.22. The van der Waals surface area contributed by atoms with Crippen LogP contribution in [0.4, 0.5) is 0 Å². The third-order valence-corrected chi connectivity index (χ3v) is 4.38. The monoisotopic (exact) mass is 254 g/mol. The Bertz CT molecular complexity index is 269. The van der Waals surface area contributed by atoms with Gasteiger partial charge in [-0.3, -0.25) is 4.79 Å². The molecule has 1 saturated carbocycles. The molecule has 3 nitrogen and oxygen atoms in total. The maximum absolute atomic E-state index is 12.1. The molecule has 0 N–H and O–H groups in total. The van der Waals surface area contributed by atoms with Gasteiger partial charge in [-0.1, -0.05) is 26.7 Å². The number of esters is 1. The highest BCUT2D eigenvalue weighted by atomic mass is 16.7. The average molecular weight is 254 g/mol. The third-order valence-electron chi connectivity index (χ3n) is 4.38. The number of carbonyl (C=O) groups is 1. The molecule has 0 amide bonds. The van der Waals surface area contributed by atoms with Gasteiger partial charge < -0.3 is 9.47 Å². The summed E-state index contributed by atoms with van der Waals surface area (Å²) in [4.78, 5) is 12.1. The molecule has 2 fully saturated rings. The first-order valence-electron chi connectivity index (χ1n) is 7.49. The van der Waals surface area contributed by atoms with Gasteiger partial charge in [0.15, 0.2) is 0 Å². The Labute approximate surface area is 110 Å². The van der Waals surface area contributed by atoms with Crippen LogP contribution in [0.3, 0.4) is 0 Å². The molecule has 18 heavy (non-hydrogen) atoms. The number of ether oxygens (including phenoxy) is 2. The van der Waals surface area contributed by atoms with Crippen LogP contribution in [0.25, 0.3) is 0 Å². The Hall–Kier alpha value is -0.570. The molecule has 1 aliphatic carbocycles. The smallest absolute Gasteiger partial charge is 0.311 e. The first-order valence-corrected chi connectivity index (χ1v) is 7.49. The van der Waals surface area contributed by atoms with Crippen molar-refractivity contribution in [3.8, 4) is 0 Å². The molecule has 3 heteroatoms. The van der Waals surface area contributed by atoms with Gasteiger partial charge in [0.2, 0.25) is 6.29 Å². The van der Waals surface area contributed by atoms with E-state index in [9.17, 15) is 4.79 Å². The van der Waals surface area contributed by atoms with Crippen LogP contribution >= 0.6 is 0 Å². The molecule has 0 aromatic heterocycles. The molecule has 104 valence electrons. The van der Waals surface area contributed by atoms with Crippen molar-refractivity contribution < 1.29 is 14.3 Å². The highest BCUT2D eigenvalue weighted by Gasteiger charge is 2.31. The number of hydrogen-bond acceptors (Lipinski definition) is 3. The third kappa shape index (κ3) is 3.71. The molecule has 0 bridgehead atoms. The Balaban J connectivity index is 1.80. The van der Waals surface area contributed by atoms with Crippen molar-refractivity contribution in [3.05, 3.63) is 0 Å². The number of rotatable bonds is 3. The maximum atomic E-state index is 12.1. The van der Waals surface area contributed by atoms with Crippen LogP contribution in [0.15, 0.2) is 0 Å². The molecule has 1 saturated heterocycles. The van der Waals surface area contributed by atoms with Gasteiger partial charge in [0.25, 0.3) is 0 Å². The fourth-order valence-corrected chi connectivity index (χ4v) is 3.08. The Morgan fingerprint density at radius 2 is 2.00 bits per heavy atom. The van der Waals surface area contributed by atoms with E-state index < -0.39 is 0 Å². The Morgan fingerprint density at radius 3 is 2.67 bits per heavy atom. The van der Waals surface area contributed by atoms with Gasteiger partial charge in [0.05, 0.1) is 12.5 Å². The van der Waals surface area contributed by atoms with Crippen molar-refractivity contribution in [1.29, 1.82) is 0 Å². The van der Waals surface area contributed by atoms with E-state index in [0.717, 1.165) is 45.1 Å². The van der Waals surface area contributed by atoms with Crippen LogP contribution in [0.5, 0.6) is 0 Å². The first-order chi connectivity index (χ1) is 8.66.